The molecule has 2 heterocycles. The highest BCUT2D eigenvalue weighted by Gasteiger charge is 2.39. The summed E-state index contributed by atoms with van der Waals surface area (Å²) in [6, 6.07) is 10.0. The lowest BCUT2D eigenvalue weighted by Gasteiger charge is -2.11. The molecule has 0 saturated carbocycles. The number of fused-ring (bicyclic) bond motifs is 1. The summed E-state index contributed by atoms with van der Waals surface area (Å²) in [6.07, 6.45) is 1.28. The predicted molar refractivity (Wildman–Crippen MR) is 85.8 cm³/mol. The maximum Gasteiger partial charge on any atom is 0.384 e. The minimum Gasteiger partial charge on any atom is -0.322 e. The van der Waals surface area contributed by atoms with E-state index in [9.17, 15) is 23.2 Å². The van der Waals surface area contributed by atoms with Gasteiger partial charge >= 0.3 is 5.97 Å². The highest BCUT2D eigenvalue weighted by atomic mass is 19.1. The number of carbonyl (C=O) groups excluding carboxylic acids is 3. The minimum absolute atomic E-state index is 0.0484. The molecule has 0 radical (unpaired) electrons. The molecule has 1 aliphatic rings. The fourth-order valence-electron chi connectivity index (χ4n) is 2.63. The number of carbonyl (C=O) groups is 3. The van der Waals surface area contributed by atoms with E-state index >= 15 is 0 Å². The van der Waals surface area contributed by atoms with Crippen LogP contribution in [-0.4, -0.2) is 32.6 Å². The highest BCUT2D eigenvalue weighted by molar-refractivity contribution is 6.21. The lowest BCUT2D eigenvalue weighted by molar-refractivity contribution is -0.0588. The third-order valence-corrected chi connectivity index (χ3v) is 3.84. The van der Waals surface area contributed by atoms with Gasteiger partial charge in [-0.1, -0.05) is 17.2 Å². The SMILES string of the molecule is O=C(ON1C(=O)c2ccccc2C1=O)c1ccn(-c2cc(F)cc(F)c2)n1. The van der Waals surface area contributed by atoms with Gasteiger partial charge in [0.2, 0.25) is 0 Å². The first kappa shape index (κ1) is 16.6. The number of hydrogen-bond acceptors (Lipinski definition) is 5. The van der Waals surface area contributed by atoms with Crippen LogP contribution in [0.1, 0.15) is 31.2 Å². The zero-order valence-corrected chi connectivity index (χ0v) is 13.4. The molecule has 9 heteroatoms. The van der Waals surface area contributed by atoms with E-state index in [2.05, 4.69) is 5.10 Å². The summed E-state index contributed by atoms with van der Waals surface area (Å²) in [5.41, 5.74) is 0.0376. The van der Waals surface area contributed by atoms with Gasteiger partial charge in [0.1, 0.15) is 11.6 Å². The Morgan fingerprint density at radius 2 is 1.52 bits per heavy atom. The van der Waals surface area contributed by atoms with Crippen LogP contribution in [0, 0.1) is 11.6 Å². The van der Waals surface area contributed by atoms with Crippen molar-refractivity contribution in [2.45, 2.75) is 0 Å². The molecule has 1 aromatic heterocycles. The predicted octanol–water partition coefficient (Wildman–Crippen LogP) is 2.52. The average Bonchev–Trinajstić information content (AvgIpc) is 3.22. The van der Waals surface area contributed by atoms with Gasteiger partial charge in [-0.3, -0.25) is 9.59 Å². The van der Waals surface area contributed by atoms with E-state index < -0.39 is 29.4 Å². The smallest absolute Gasteiger partial charge is 0.322 e. The number of hydroxylamine groups is 2. The van der Waals surface area contributed by atoms with E-state index in [1.165, 1.54) is 24.4 Å². The standard InChI is InChI=1S/C18H9F2N3O4/c19-10-7-11(20)9-12(8-10)22-6-5-15(21-22)18(26)27-23-16(24)13-3-1-2-4-14(13)17(23)25/h1-9H. The van der Waals surface area contributed by atoms with Crippen molar-refractivity contribution in [2.24, 2.45) is 0 Å². The van der Waals surface area contributed by atoms with E-state index in [1.807, 2.05) is 0 Å². The summed E-state index contributed by atoms with van der Waals surface area (Å²) in [7, 11) is 0. The second-order valence-corrected chi connectivity index (χ2v) is 5.60. The van der Waals surface area contributed by atoms with Gasteiger partial charge in [0.15, 0.2) is 5.69 Å². The Bertz CT molecular complexity index is 1050. The molecule has 1 aliphatic heterocycles. The van der Waals surface area contributed by atoms with Gasteiger partial charge in [-0.15, -0.1) is 0 Å². The summed E-state index contributed by atoms with van der Waals surface area (Å²) in [5, 5.41) is 4.22. The molecule has 134 valence electrons. The Balaban J connectivity index is 1.56. The van der Waals surface area contributed by atoms with Crippen molar-refractivity contribution in [3.05, 3.63) is 83.2 Å². The Hall–Kier alpha value is -3.88. The van der Waals surface area contributed by atoms with Gasteiger partial charge in [0.25, 0.3) is 11.8 Å². The van der Waals surface area contributed by atoms with Crippen LogP contribution >= 0.6 is 0 Å². The van der Waals surface area contributed by atoms with Crippen LogP contribution in [0.5, 0.6) is 0 Å². The fourth-order valence-corrected chi connectivity index (χ4v) is 2.63. The van der Waals surface area contributed by atoms with Crippen molar-refractivity contribution in [1.82, 2.24) is 14.8 Å². The third-order valence-electron chi connectivity index (χ3n) is 3.84. The van der Waals surface area contributed by atoms with Crippen molar-refractivity contribution in [1.29, 1.82) is 0 Å². The van der Waals surface area contributed by atoms with Gasteiger partial charge < -0.3 is 4.84 Å². The van der Waals surface area contributed by atoms with Crippen LogP contribution in [0.25, 0.3) is 5.69 Å². The molecule has 0 saturated heterocycles. The number of amides is 2. The number of benzene rings is 2. The largest absolute Gasteiger partial charge is 0.384 e. The first-order valence-electron chi connectivity index (χ1n) is 7.66. The number of hydrogen-bond donors (Lipinski definition) is 0. The average molecular weight is 369 g/mol. The van der Waals surface area contributed by atoms with Gasteiger partial charge in [-0.05, 0) is 30.3 Å². The number of imide groups is 1. The van der Waals surface area contributed by atoms with Crippen LogP contribution in [0.15, 0.2) is 54.7 Å². The van der Waals surface area contributed by atoms with Gasteiger partial charge in [0, 0.05) is 12.3 Å². The number of aromatic nitrogens is 2. The third kappa shape index (κ3) is 2.84. The normalized spacial score (nSPS) is 13.0. The zero-order chi connectivity index (χ0) is 19.1. The first-order chi connectivity index (χ1) is 12.9. The Morgan fingerprint density at radius 1 is 0.926 bits per heavy atom. The van der Waals surface area contributed by atoms with E-state index in [0.717, 1.165) is 16.8 Å². The van der Waals surface area contributed by atoms with E-state index in [-0.39, 0.29) is 22.5 Å². The molecule has 27 heavy (non-hydrogen) atoms. The van der Waals surface area contributed by atoms with Crippen molar-refractivity contribution < 1.29 is 28.0 Å². The van der Waals surface area contributed by atoms with Crippen LogP contribution in [0.4, 0.5) is 8.78 Å². The maximum absolute atomic E-state index is 13.3. The van der Waals surface area contributed by atoms with Gasteiger partial charge in [-0.2, -0.15) is 5.10 Å². The van der Waals surface area contributed by atoms with Crippen LogP contribution in [0.3, 0.4) is 0 Å². The molecule has 3 aromatic rings. The topological polar surface area (TPSA) is 81.5 Å². The molecular formula is C18H9F2N3O4. The molecule has 2 amide bonds. The molecule has 0 fully saturated rings. The van der Waals surface area contributed by atoms with E-state index in [4.69, 9.17) is 4.84 Å². The summed E-state index contributed by atoms with van der Waals surface area (Å²) in [4.78, 5) is 41.5. The molecule has 7 nitrogen and oxygen atoms in total. The summed E-state index contributed by atoms with van der Waals surface area (Å²) < 4.78 is 27.7. The molecule has 0 bridgehead atoms. The van der Waals surface area contributed by atoms with Crippen molar-refractivity contribution >= 4 is 17.8 Å². The van der Waals surface area contributed by atoms with Crippen molar-refractivity contribution in [2.75, 3.05) is 0 Å². The number of rotatable bonds is 3. The second kappa shape index (κ2) is 6.13. The van der Waals surface area contributed by atoms with E-state index in [1.54, 1.807) is 12.1 Å². The molecule has 2 aromatic carbocycles. The quantitative estimate of drug-likeness (QED) is 0.663. The molecule has 0 spiro atoms. The Kier molecular flexibility index (Phi) is 3.76. The summed E-state index contributed by atoms with van der Waals surface area (Å²) >= 11 is 0. The van der Waals surface area contributed by atoms with Crippen LogP contribution in [0.2, 0.25) is 0 Å². The lowest BCUT2D eigenvalue weighted by atomic mass is 10.1. The second-order valence-electron chi connectivity index (χ2n) is 5.60. The van der Waals surface area contributed by atoms with Crippen LogP contribution < -0.4 is 0 Å². The summed E-state index contributed by atoms with van der Waals surface area (Å²) in [5.74, 6) is -4.22. The van der Waals surface area contributed by atoms with Crippen LogP contribution in [-0.2, 0) is 4.84 Å². The van der Waals surface area contributed by atoms with E-state index in [0.29, 0.717) is 11.1 Å². The Morgan fingerprint density at radius 3 is 2.11 bits per heavy atom. The molecule has 4 rings (SSSR count). The zero-order valence-electron chi connectivity index (χ0n) is 13.4. The molecule has 0 unspecified atom stereocenters. The monoisotopic (exact) mass is 369 g/mol. The summed E-state index contributed by atoms with van der Waals surface area (Å²) in [6.45, 7) is 0. The van der Waals surface area contributed by atoms with Crippen molar-refractivity contribution in [3.8, 4) is 5.69 Å². The highest BCUT2D eigenvalue weighted by Crippen LogP contribution is 2.23. The number of halogens is 2. The molecule has 0 aliphatic carbocycles. The first-order valence-corrected chi connectivity index (χ1v) is 7.66. The molecule has 0 atom stereocenters. The Labute approximate surface area is 150 Å². The fraction of sp³-hybridized carbons (Fsp3) is 0. The minimum atomic E-state index is -1.07. The van der Waals surface area contributed by atoms with Gasteiger partial charge in [-0.25, -0.2) is 18.3 Å². The van der Waals surface area contributed by atoms with Gasteiger partial charge in [0.05, 0.1) is 16.8 Å². The molecular weight excluding hydrogens is 360 g/mol. The van der Waals surface area contributed by atoms with Crippen molar-refractivity contribution in [3.63, 3.8) is 0 Å². The molecule has 0 N–H and O–H groups in total. The lowest BCUT2D eigenvalue weighted by Crippen LogP contribution is -2.32. The number of nitrogens with zero attached hydrogens (tertiary/aromatic N) is 3. The maximum atomic E-state index is 13.3.